The van der Waals surface area contributed by atoms with Crippen LogP contribution < -0.4 is 5.32 Å². The van der Waals surface area contributed by atoms with Crippen LogP contribution in [0, 0.1) is 5.92 Å². The predicted octanol–water partition coefficient (Wildman–Crippen LogP) is 3.54. The summed E-state index contributed by atoms with van der Waals surface area (Å²) in [6, 6.07) is 12.5. The molecule has 0 bridgehead atoms. The van der Waals surface area contributed by atoms with Crippen molar-refractivity contribution < 1.29 is 8.78 Å². The first-order chi connectivity index (χ1) is 8.69. The zero-order valence-electron chi connectivity index (χ0n) is 10.00. The molecule has 1 atom stereocenters. The van der Waals surface area contributed by atoms with E-state index >= 15 is 0 Å². The molecular formula is C15H15F2N. The van der Waals surface area contributed by atoms with Gasteiger partial charge in [0.15, 0.2) is 0 Å². The van der Waals surface area contributed by atoms with E-state index in [0.717, 1.165) is 5.39 Å². The van der Waals surface area contributed by atoms with Crippen molar-refractivity contribution in [1.82, 2.24) is 5.32 Å². The molecule has 0 amide bonds. The summed E-state index contributed by atoms with van der Waals surface area (Å²) in [4.78, 5) is 0. The molecule has 0 aromatic heterocycles. The maximum atomic E-state index is 14.6. The molecule has 0 aliphatic carbocycles. The van der Waals surface area contributed by atoms with E-state index in [-0.39, 0.29) is 5.56 Å². The standard InChI is InChI=1S/C15H15F2N/c16-15(17,12-8-9-18-10-12)14-7-3-5-11-4-1-2-6-13(11)14/h1-7,12,18H,8-10H2. The first-order valence-corrected chi connectivity index (χ1v) is 6.26. The van der Waals surface area contributed by atoms with Crippen molar-refractivity contribution in [3.8, 4) is 0 Å². The van der Waals surface area contributed by atoms with Gasteiger partial charge in [-0.25, -0.2) is 8.78 Å². The van der Waals surface area contributed by atoms with Crippen LogP contribution in [0.3, 0.4) is 0 Å². The summed E-state index contributed by atoms with van der Waals surface area (Å²) in [6.07, 6.45) is 0.538. The minimum absolute atomic E-state index is 0.161. The van der Waals surface area contributed by atoms with Crippen LogP contribution in [-0.4, -0.2) is 13.1 Å². The number of hydrogen-bond donors (Lipinski definition) is 1. The van der Waals surface area contributed by atoms with Gasteiger partial charge in [-0.1, -0.05) is 42.5 Å². The SMILES string of the molecule is FC(F)(c1cccc2ccccc12)C1CCNC1. The fourth-order valence-electron chi connectivity index (χ4n) is 2.70. The van der Waals surface area contributed by atoms with E-state index in [0.29, 0.717) is 24.9 Å². The van der Waals surface area contributed by atoms with Crippen molar-refractivity contribution in [1.29, 1.82) is 0 Å². The summed E-state index contributed by atoms with van der Waals surface area (Å²) in [7, 11) is 0. The molecule has 2 aromatic rings. The molecule has 1 unspecified atom stereocenters. The average molecular weight is 247 g/mol. The molecule has 0 spiro atoms. The van der Waals surface area contributed by atoms with Gasteiger partial charge in [-0.15, -0.1) is 0 Å². The maximum Gasteiger partial charge on any atom is 0.277 e. The van der Waals surface area contributed by atoms with E-state index < -0.39 is 11.8 Å². The van der Waals surface area contributed by atoms with Crippen molar-refractivity contribution in [2.75, 3.05) is 13.1 Å². The van der Waals surface area contributed by atoms with Crippen molar-refractivity contribution in [2.45, 2.75) is 12.3 Å². The highest BCUT2D eigenvalue weighted by atomic mass is 19.3. The summed E-state index contributed by atoms with van der Waals surface area (Å²) in [6.45, 7) is 1.08. The van der Waals surface area contributed by atoms with E-state index in [2.05, 4.69) is 5.32 Å². The van der Waals surface area contributed by atoms with Crippen molar-refractivity contribution >= 4 is 10.8 Å². The van der Waals surface area contributed by atoms with Crippen molar-refractivity contribution in [2.24, 2.45) is 5.92 Å². The Labute approximate surface area is 105 Å². The highest BCUT2D eigenvalue weighted by Crippen LogP contribution is 2.41. The summed E-state index contributed by atoms with van der Waals surface area (Å²) in [5.74, 6) is -3.35. The Morgan fingerprint density at radius 1 is 1.06 bits per heavy atom. The largest absolute Gasteiger partial charge is 0.316 e. The van der Waals surface area contributed by atoms with E-state index in [1.807, 2.05) is 24.3 Å². The Hall–Kier alpha value is -1.48. The van der Waals surface area contributed by atoms with Crippen LogP contribution in [0.2, 0.25) is 0 Å². The van der Waals surface area contributed by atoms with Crippen LogP contribution in [0.15, 0.2) is 42.5 Å². The zero-order valence-corrected chi connectivity index (χ0v) is 10.00. The van der Waals surface area contributed by atoms with Crippen LogP contribution in [0.1, 0.15) is 12.0 Å². The minimum atomic E-state index is -2.76. The molecule has 1 aliphatic heterocycles. The Kier molecular flexibility index (Phi) is 2.78. The van der Waals surface area contributed by atoms with Crippen LogP contribution in [0.4, 0.5) is 8.78 Å². The summed E-state index contributed by atoms with van der Waals surface area (Å²) in [5, 5.41) is 4.56. The number of benzene rings is 2. The number of fused-ring (bicyclic) bond motifs is 1. The Morgan fingerprint density at radius 3 is 2.61 bits per heavy atom. The predicted molar refractivity (Wildman–Crippen MR) is 68.8 cm³/mol. The molecule has 1 N–H and O–H groups in total. The molecule has 1 nitrogen and oxygen atoms in total. The second-order valence-corrected chi connectivity index (χ2v) is 4.84. The lowest BCUT2D eigenvalue weighted by Crippen LogP contribution is -2.27. The van der Waals surface area contributed by atoms with Gasteiger partial charge in [0, 0.05) is 18.0 Å². The Bertz CT molecular complexity index is 554. The van der Waals surface area contributed by atoms with Gasteiger partial charge in [0.2, 0.25) is 0 Å². The fourth-order valence-corrected chi connectivity index (χ4v) is 2.70. The van der Waals surface area contributed by atoms with E-state index in [1.165, 1.54) is 0 Å². The summed E-state index contributed by atoms with van der Waals surface area (Å²) >= 11 is 0. The normalized spacial score (nSPS) is 20.4. The van der Waals surface area contributed by atoms with Gasteiger partial charge in [0.25, 0.3) is 5.92 Å². The Morgan fingerprint density at radius 2 is 1.83 bits per heavy atom. The molecule has 1 aliphatic rings. The third-order valence-corrected chi connectivity index (χ3v) is 3.72. The second kappa shape index (κ2) is 4.32. The molecule has 3 heteroatoms. The molecule has 3 rings (SSSR count). The fraction of sp³-hybridized carbons (Fsp3) is 0.333. The molecule has 1 fully saturated rings. The number of nitrogens with one attached hydrogen (secondary N) is 1. The molecule has 2 aromatic carbocycles. The molecular weight excluding hydrogens is 232 g/mol. The molecule has 1 saturated heterocycles. The van der Waals surface area contributed by atoms with Crippen LogP contribution in [0.5, 0.6) is 0 Å². The molecule has 94 valence electrons. The lowest BCUT2D eigenvalue weighted by Gasteiger charge is -2.24. The molecule has 1 heterocycles. The van der Waals surface area contributed by atoms with Gasteiger partial charge in [0.05, 0.1) is 0 Å². The summed E-state index contributed by atoms with van der Waals surface area (Å²) < 4.78 is 29.1. The lowest BCUT2D eigenvalue weighted by atomic mass is 9.90. The molecule has 0 radical (unpaired) electrons. The Balaban J connectivity index is 2.13. The van der Waals surface area contributed by atoms with Crippen LogP contribution in [-0.2, 0) is 5.92 Å². The quantitative estimate of drug-likeness (QED) is 0.855. The first-order valence-electron chi connectivity index (χ1n) is 6.26. The topological polar surface area (TPSA) is 12.0 Å². The van der Waals surface area contributed by atoms with E-state index in [9.17, 15) is 8.78 Å². The van der Waals surface area contributed by atoms with Gasteiger partial charge in [-0.05, 0) is 23.7 Å². The monoisotopic (exact) mass is 247 g/mol. The first kappa shape index (κ1) is 11.6. The third-order valence-electron chi connectivity index (χ3n) is 3.72. The van der Waals surface area contributed by atoms with Gasteiger partial charge in [-0.3, -0.25) is 0 Å². The highest BCUT2D eigenvalue weighted by Gasteiger charge is 2.43. The molecule has 0 saturated carbocycles. The van der Waals surface area contributed by atoms with Gasteiger partial charge in [0.1, 0.15) is 0 Å². The van der Waals surface area contributed by atoms with Crippen molar-refractivity contribution in [3.05, 3.63) is 48.0 Å². The summed E-state index contributed by atoms with van der Waals surface area (Å²) in [5.41, 5.74) is 0.161. The number of alkyl halides is 2. The second-order valence-electron chi connectivity index (χ2n) is 4.84. The minimum Gasteiger partial charge on any atom is -0.316 e. The number of halogens is 2. The van der Waals surface area contributed by atoms with Crippen LogP contribution >= 0.6 is 0 Å². The maximum absolute atomic E-state index is 14.6. The smallest absolute Gasteiger partial charge is 0.277 e. The number of hydrogen-bond acceptors (Lipinski definition) is 1. The van der Waals surface area contributed by atoms with Crippen molar-refractivity contribution in [3.63, 3.8) is 0 Å². The third kappa shape index (κ3) is 1.79. The zero-order chi connectivity index (χ0) is 12.6. The van der Waals surface area contributed by atoms with Gasteiger partial charge < -0.3 is 5.32 Å². The molecule has 18 heavy (non-hydrogen) atoms. The number of rotatable bonds is 2. The van der Waals surface area contributed by atoms with Gasteiger partial charge in [-0.2, -0.15) is 0 Å². The average Bonchev–Trinajstić information content (AvgIpc) is 2.92. The van der Waals surface area contributed by atoms with E-state index in [4.69, 9.17) is 0 Å². The lowest BCUT2D eigenvalue weighted by molar-refractivity contribution is -0.0561. The van der Waals surface area contributed by atoms with Crippen LogP contribution in [0.25, 0.3) is 10.8 Å². The highest BCUT2D eigenvalue weighted by molar-refractivity contribution is 5.86. The van der Waals surface area contributed by atoms with E-state index in [1.54, 1.807) is 18.2 Å². The van der Waals surface area contributed by atoms with Gasteiger partial charge >= 0.3 is 0 Å².